The zero-order chi connectivity index (χ0) is 19.2. The van der Waals surface area contributed by atoms with E-state index in [0.717, 1.165) is 24.8 Å². The Bertz CT molecular complexity index is 801. The summed E-state index contributed by atoms with van der Waals surface area (Å²) < 4.78 is 5.28. The Balaban J connectivity index is 1.87. The Labute approximate surface area is 164 Å². The summed E-state index contributed by atoms with van der Waals surface area (Å²) in [6, 6.07) is 3.43. The van der Waals surface area contributed by atoms with E-state index in [1.165, 1.54) is 41.7 Å². The van der Waals surface area contributed by atoms with Gasteiger partial charge in [-0.25, -0.2) is 4.79 Å². The van der Waals surface area contributed by atoms with E-state index >= 15 is 0 Å². The number of nitrogens with zero attached hydrogens (tertiary/aromatic N) is 1. The highest BCUT2D eigenvalue weighted by Crippen LogP contribution is 2.41. The molecule has 3 rings (SSSR count). The van der Waals surface area contributed by atoms with Crippen molar-refractivity contribution in [2.75, 3.05) is 11.9 Å². The minimum absolute atomic E-state index is 0.255. The molecule has 6 heteroatoms. The van der Waals surface area contributed by atoms with Crippen LogP contribution in [0.5, 0.6) is 0 Å². The second-order valence-electron chi connectivity index (χ2n) is 6.88. The molecule has 1 atom stereocenters. The Hall–Kier alpha value is -2.21. The first-order chi connectivity index (χ1) is 13.1. The van der Waals surface area contributed by atoms with Gasteiger partial charge in [-0.2, -0.15) is 0 Å². The summed E-state index contributed by atoms with van der Waals surface area (Å²) in [5, 5.41) is 3.52. The largest absolute Gasteiger partial charge is 0.462 e. The van der Waals surface area contributed by atoms with Gasteiger partial charge in [0.1, 0.15) is 5.00 Å². The van der Waals surface area contributed by atoms with Gasteiger partial charge >= 0.3 is 5.97 Å². The summed E-state index contributed by atoms with van der Waals surface area (Å²) in [5.41, 5.74) is 2.08. The number of anilines is 1. The maximum absolute atomic E-state index is 12.6. The first-order valence-electron chi connectivity index (χ1n) is 9.67. The molecule has 144 valence electrons. The van der Waals surface area contributed by atoms with Crippen LogP contribution in [0.15, 0.2) is 24.5 Å². The third kappa shape index (κ3) is 4.56. The van der Waals surface area contributed by atoms with Crippen molar-refractivity contribution in [1.29, 1.82) is 0 Å². The molecule has 0 fully saturated rings. The average Bonchev–Trinajstić information content (AvgIpc) is 3.04. The van der Waals surface area contributed by atoms with Gasteiger partial charge in [-0.15, -0.1) is 11.3 Å². The van der Waals surface area contributed by atoms with E-state index in [1.54, 1.807) is 25.3 Å². The smallest absolute Gasteiger partial charge is 0.341 e. The van der Waals surface area contributed by atoms with Gasteiger partial charge < -0.3 is 10.1 Å². The Kier molecular flexibility index (Phi) is 6.61. The van der Waals surface area contributed by atoms with Gasteiger partial charge in [-0.1, -0.05) is 26.2 Å². The number of fused-ring (bicyclic) bond motifs is 1. The highest BCUT2D eigenvalue weighted by atomic mass is 32.1. The number of rotatable bonds is 7. The van der Waals surface area contributed by atoms with Crippen molar-refractivity contribution in [1.82, 2.24) is 4.98 Å². The molecular formula is C21H26N2O3S. The van der Waals surface area contributed by atoms with Crippen LogP contribution in [0.4, 0.5) is 5.00 Å². The molecule has 2 aromatic heterocycles. The highest BCUT2D eigenvalue weighted by molar-refractivity contribution is 7.17. The number of nitrogens with one attached hydrogen (secondary N) is 1. The maximum atomic E-state index is 12.6. The summed E-state index contributed by atoms with van der Waals surface area (Å²) in [7, 11) is 0. The molecule has 0 bridgehead atoms. The minimum Gasteiger partial charge on any atom is -0.462 e. The molecule has 2 aromatic rings. The zero-order valence-electron chi connectivity index (χ0n) is 15.9. The van der Waals surface area contributed by atoms with E-state index in [9.17, 15) is 9.59 Å². The predicted molar refractivity (Wildman–Crippen MR) is 108 cm³/mol. The molecule has 1 aliphatic rings. The zero-order valence-corrected chi connectivity index (χ0v) is 16.7. The number of carbonyl (C=O) groups excluding carboxylic acids is 2. The molecule has 27 heavy (non-hydrogen) atoms. The molecule has 0 aliphatic heterocycles. The standard InChI is InChI=1S/C21H26N2O3S/c1-3-5-7-14-9-10-16-17(12-14)27-20(18(16)21(25)26-4-2)23-19(24)15-8-6-11-22-13-15/h6,8,11,13-14H,3-5,7,9-10,12H2,1-2H3,(H,23,24). The lowest BCUT2D eigenvalue weighted by atomic mass is 9.84. The van der Waals surface area contributed by atoms with Crippen LogP contribution in [0.1, 0.15) is 70.7 Å². The monoisotopic (exact) mass is 386 g/mol. The summed E-state index contributed by atoms with van der Waals surface area (Å²) in [4.78, 5) is 30.4. The normalized spacial score (nSPS) is 15.9. The van der Waals surface area contributed by atoms with Crippen LogP contribution in [0.25, 0.3) is 0 Å². The summed E-state index contributed by atoms with van der Waals surface area (Å²) in [6.45, 7) is 4.33. The average molecular weight is 387 g/mol. The molecular weight excluding hydrogens is 360 g/mol. The molecule has 1 unspecified atom stereocenters. The van der Waals surface area contributed by atoms with Crippen molar-refractivity contribution < 1.29 is 14.3 Å². The van der Waals surface area contributed by atoms with Crippen molar-refractivity contribution in [3.05, 3.63) is 46.1 Å². The molecule has 1 N–H and O–H groups in total. The lowest BCUT2D eigenvalue weighted by Gasteiger charge is -2.22. The van der Waals surface area contributed by atoms with E-state index in [4.69, 9.17) is 4.74 Å². The van der Waals surface area contributed by atoms with Gasteiger partial charge in [0.2, 0.25) is 0 Å². The van der Waals surface area contributed by atoms with Crippen LogP contribution in [-0.4, -0.2) is 23.5 Å². The molecule has 0 aromatic carbocycles. The van der Waals surface area contributed by atoms with Crippen LogP contribution >= 0.6 is 11.3 Å². The first-order valence-corrected chi connectivity index (χ1v) is 10.5. The van der Waals surface area contributed by atoms with Crippen LogP contribution < -0.4 is 5.32 Å². The number of aromatic nitrogens is 1. The third-order valence-corrected chi connectivity index (χ3v) is 6.13. The van der Waals surface area contributed by atoms with Gasteiger partial charge in [0.05, 0.1) is 17.7 Å². The van der Waals surface area contributed by atoms with Gasteiger partial charge in [0.15, 0.2) is 0 Å². The van der Waals surface area contributed by atoms with Crippen molar-refractivity contribution in [3.63, 3.8) is 0 Å². The van der Waals surface area contributed by atoms with Crippen LogP contribution in [-0.2, 0) is 17.6 Å². The summed E-state index contributed by atoms with van der Waals surface area (Å²) in [5.74, 6) is 0.0614. The van der Waals surface area contributed by atoms with Gasteiger partial charge in [-0.3, -0.25) is 9.78 Å². The van der Waals surface area contributed by atoms with Crippen LogP contribution in [0.2, 0.25) is 0 Å². The molecule has 2 heterocycles. The van der Waals surface area contributed by atoms with E-state index in [1.807, 2.05) is 0 Å². The van der Waals surface area contributed by atoms with Gasteiger partial charge in [0.25, 0.3) is 5.91 Å². The molecule has 5 nitrogen and oxygen atoms in total. The fraction of sp³-hybridized carbons (Fsp3) is 0.476. The fourth-order valence-electron chi connectivity index (χ4n) is 3.57. The Morgan fingerprint density at radius 1 is 1.37 bits per heavy atom. The lowest BCUT2D eigenvalue weighted by Crippen LogP contribution is -2.17. The Morgan fingerprint density at radius 3 is 2.93 bits per heavy atom. The van der Waals surface area contributed by atoms with E-state index < -0.39 is 0 Å². The quantitative estimate of drug-likeness (QED) is 0.690. The minimum atomic E-state index is -0.344. The summed E-state index contributed by atoms with van der Waals surface area (Å²) in [6.07, 6.45) is 9.75. The maximum Gasteiger partial charge on any atom is 0.341 e. The highest BCUT2D eigenvalue weighted by Gasteiger charge is 2.30. The molecule has 1 amide bonds. The summed E-state index contributed by atoms with van der Waals surface area (Å²) >= 11 is 1.52. The second-order valence-corrected chi connectivity index (χ2v) is 7.98. The Morgan fingerprint density at radius 2 is 2.22 bits per heavy atom. The number of thiophene rings is 1. The second kappa shape index (κ2) is 9.13. The number of unbranched alkanes of at least 4 members (excludes halogenated alkanes) is 1. The molecule has 1 aliphatic carbocycles. The van der Waals surface area contributed by atoms with E-state index in [0.29, 0.717) is 28.7 Å². The number of ether oxygens (including phenoxy) is 1. The topological polar surface area (TPSA) is 68.3 Å². The number of hydrogen-bond acceptors (Lipinski definition) is 5. The number of hydrogen-bond donors (Lipinski definition) is 1. The molecule has 0 spiro atoms. The number of esters is 1. The van der Waals surface area contributed by atoms with Crippen molar-refractivity contribution in [2.24, 2.45) is 5.92 Å². The molecule has 0 saturated heterocycles. The van der Waals surface area contributed by atoms with Crippen molar-refractivity contribution in [3.8, 4) is 0 Å². The first kappa shape index (κ1) is 19.5. The lowest BCUT2D eigenvalue weighted by molar-refractivity contribution is 0.0526. The van der Waals surface area contributed by atoms with E-state index in [-0.39, 0.29) is 11.9 Å². The SMILES string of the molecule is CCCCC1CCc2c(sc(NC(=O)c3cccnc3)c2C(=O)OCC)C1. The number of pyridine rings is 1. The molecule has 0 radical (unpaired) electrons. The van der Waals surface area contributed by atoms with Crippen molar-refractivity contribution in [2.45, 2.75) is 52.4 Å². The van der Waals surface area contributed by atoms with Crippen LogP contribution in [0.3, 0.4) is 0 Å². The van der Waals surface area contributed by atoms with Gasteiger partial charge in [0, 0.05) is 17.3 Å². The van der Waals surface area contributed by atoms with Crippen LogP contribution in [0, 0.1) is 5.92 Å². The molecule has 0 saturated carbocycles. The van der Waals surface area contributed by atoms with Crippen molar-refractivity contribution >= 4 is 28.2 Å². The van der Waals surface area contributed by atoms with Gasteiger partial charge in [-0.05, 0) is 49.8 Å². The fourth-order valence-corrected chi connectivity index (χ4v) is 4.92. The van der Waals surface area contributed by atoms with E-state index in [2.05, 4.69) is 17.2 Å². The third-order valence-electron chi connectivity index (χ3n) is 4.96. The predicted octanol–water partition coefficient (Wildman–Crippen LogP) is 4.87. The number of carbonyl (C=O) groups is 2. The number of amides is 1.